The van der Waals surface area contributed by atoms with Gasteiger partial charge in [-0.25, -0.2) is 17.5 Å². The van der Waals surface area contributed by atoms with E-state index in [0.717, 1.165) is 4.31 Å². The maximum atomic E-state index is 12.1. The van der Waals surface area contributed by atoms with Gasteiger partial charge in [0, 0.05) is 25.9 Å². The van der Waals surface area contributed by atoms with E-state index >= 15 is 0 Å². The van der Waals surface area contributed by atoms with Crippen LogP contribution in [-0.4, -0.2) is 44.8 Å². The number of hydrogen-bond donors (Lipinski definition) is 1. The number of rotatable bonds is 7. The van der Waals surface area contributed by atoms with Crippen LogP contribution in [0.3, 0.4) is 0 Å². The highest BCUT2D eigenvalue weighted by atomic mass is 32.2. The van der Waals surface area contributed by atoms with E-state index < -0.39 is 28.0 Å². The minimum absolute atomic E-state index is 0.0502. The molecule has 0 fully saturated rings. The maximum absolute atomic E-state index is 12.1. The summed E-state index contributed by atoms with van der Waals surface area (Å²) in [7, 11) is -0.766. The summed E-state index contributed by atoms with van der Waals surface area (Å²) in [5, 5.41) is 2.53. The van der Waals surface area contributed by atoms with E-state index in [0.29, 0.717) is 5.69 Å². The molecule has 136 valence electrons. The van der Waals surface area contributed by atoms with Crippen LogP contribution >= 0.6 is 0 Å². The average Bonchev–Trinajstić information content (AvgIpc) is 2.55. The topological polar surface area (TPSA) is 92.8 Å². The van der Waals surface area contributed by atoms with Crippen molar-refractivity contribution in [3.63, 3.8) is 0 Å². The first kappa shape index (κ1) is 20.6. The predicted molar refractivity (Wildman–Crippen MR) is 95.5 cm³/mol. The van der Waals surface area contributed by atoms with E-state index in [-0.39, 0.29) is 4.90 Å². The molecule has 1 atom stereocenters. The minimum Gasteiger partial charge on any atom is -0.449 e. The van der Waals surface area contributed by atoms with Crippen LogP contribution in [-0.2, 0) is 24.3 Å². The van der Waals surface area contributed by atoms with Crippen molar-refractivity contribution in [2.75, 3.05) is 19.4 Å². The van der Waals surface area contributed by atoms with E-state index in [1.165, 1.54) is 51.4 Å². The molecular formula is C17H22N2O5S. The Balaban J connectivity index is 2.79. The highest BCUT2D eigenvalue weighted by molar-refractivity contribution is 7.89. The summed E-state index contributed by atoms with van der Waals surface area (Å²) in [4.78, 5) is 23.7. The van der Waals surface area contributed by atoms with E-state index in [1.54, 1.807) is 25.1 Å². The first-order valence-corrected chi connectivity index (χ1v) is 8.96. The number of ether oxygens (including phenoxy) is 1. The summed E-state index contributed by atoms with van der Waals surface area (Å²) in [5.74, 6) is -1.21. The van der Waals surface area contributed by atoms with Crippen LogP contribution in [0.1, 0.15) is 13.8 Å². The van der Waals surface area contributed by atoms with Gasteiger partial charge >= 0.3 is 5.97 Å². The van der Waals surface area contributed by atoms with Crippen LogP contribution < -0.4 is 5.32 Å². The van der Waals surface area contributed by atoms with Gasteiger partial charge in [-0.05, 0) is 32.0 Å². The fourth-order valence-corrected chi connectivity index (χ4v) is 2.65. The molecule has 0 spiro atoms. The van der Waals surface area contributed by atoms with Gasteiger partial charge in [-0.3, -0.25) is 4.79 Å². The smallest absolute Gasteiger partial charge is 0.331 e. The number of carbonyl (C=O) groups excluding carboxylic acids is 2. The van der Waals surface area contributed by atoms with Gasteiger partial charge < -0.3 is 10.1 Å². The second kappa shape index (κ2) is 9.14. The summed E-state index contributed by atoms with van der Waals surface area (Å²) in [5.41, 5.74) is 0.292. The monoisotopic (exact) mass is 366 g/mol. The minimum atomic E-state index is -3.61. The number of carbonyl (C=O) groups is 2. The summed E-state index contributed by atoms with van der Waals surface area (Å²) in [6, 6.07) is 5.84. The number of allylic oxidation sites excluding steroid dienone is 3. The standard InChI is InChI=1S/C17H22N2O5S/c1-5-6-7-11-16(20)24-13(2)17(21)18-14-9-8-10-15(12-14)25(22,23)19(3)4/h5-13H,1-4H3,(H,18,21)/b6-5+,11-7+/t13-/m0/s1. The van der Waals surface area contributed by atoms with Gasteiger partial charge in [0.2, 0.25) is 10.0 Å². The summed E-state index contributed by atoms with van der Waals surface area (Å²) >= 11 is 0. The van der Waals surface area contributed by atoms with Crippen molar-refractivity contribution < 1.29 is 22.7 Å². The van der Waals surface area contributed by atoms with Crippen LogP contribution in [0, 0.1) is 0 Å². The van der Waals surface area contributed by atoms with E-state index in [2.05, 4.69) is 5.32 Å². The highest BCUT2D eigenvalue weighted by Gasteiger charge is 2.20. The molecule has 1 aromatic rings. The Bertz CT molecular complexity index is 782. The number of anilines is 1. The van der Waals surface area contributed by atoms with Crippen LogP contribution in [0.4, 0.5) is 5.69 Å². The molecule has 1 N–H and O–H groups in total. The van der Waals surface area contributed by atoms with Gasteiger partial charge in [0.05, 0.1) is 4.90 Å². The molecule has 0 radical (unpaired) electrons. The van der Waals surface area contributed by atoms with Crippen LogP contribution in [0.5, 0.6) is 0 Å². The van der Waals surface area contributed by atoms with Gasteiger partial charge in [-0.2, -0.15) is 0 Å². The van der Waals surface area contributed by atoms with E-state index in [9.17, 15) is 18.0 Å². The Morgan fingerprint density at radius 1 is 1.24 bits per heavy atom. The van der Waals surface area contributed by atoms with Crippen LogP contribution in [0.25, 0.3) is 0 Å². The molecule has 0 aliphatic heterocycles. The van der Waals surface area contributed by atoms with Crippen LogP contribution in [0.15, 0.2) is 53.5 Å². The molecule has 8 heteroatoms. The Kier molecular flexibility index (Phi) is 7.53. The second-order valence-electron chi connectivity index (χ2n) is 5.27. The molecule has 0 aromatic heterocycles. The molecule has 0 bridgehead atoms. The lowest BCUT2D eigenvalue weighted by atomic mass is 10.3. The summed E-state index contributed by atoms with van der Waals surface area (Å²) < 4.78 is 30.3. The van der Waals surface area contributed by atoms with Crippen LogP contribution in [0.2, 0.25) is 0 Å². The number of amides is 1. The first-order chi connectivity index (χ1) is 11.7. The molecule has 0 heterocycles. The zero-order valence-corrected chi connectivity index (χ0v) is 15.4. The van der Waals surface area contributed by atoms with Crippen molar-refractivity contribution >= 4 is 27.6 Å². The first-order valence-electron chi connectivity index (χ1n) is 7.52. The van der Waals surface area contributed by atoms with Crippen molar-refractivity contribution in [1.29, 1.82) is 0 Å². The molecule has 0 aliphatic carbocycles. The Morgan fingerprint density at radius 3 is 2.52 bits per heavy atom. The molecule has 1 amide bonds. The van der Waals surface area contributed by atoms with Crippen molar-refractivity contribution in [3.05, 3.63) is 48.6 Å². The predicted octanol–water partition coefficient (Wildman–Crippen LogP) is 1.94. The number of benzene rings is 1. The molecule has 25 heavy (non-hydrogen) atoms. The molecule has 7 nitrogen and oxygen atoms in total. The fraction of sp³-hybridized carbons (Fsp3) is 0.294. The number of esters is 1. The number of sulfonamides is 1. The molecular weight excluding hydrogens is 344 g/mol. The third-order valence-electron chi connectivity index (χ3n) is 3.08. The van der Waals surface area contributed by atoms with Gasteiger partial charge in [0.1, 0.15) is 0 Å². The summed E-state index contributed by atoms with van der Waals surface area (Å²) in [6.07, 6.45) is 5.07. The number of nitrogens with zero attached hydrogens (tertiary/aromatic N) is 1. The normalized spacial score (nSPS) is 13.3. The largest absolute Gasteiger partial charge is 0.449 e. The molecule has 0 aliphatic rings. The van der Waals surface area contributed by atoms with Crippen molar-refractivity contribution in [3.8, 4) is 0 Å². The number of nitrogens with one attached hydrogen (secondary N) is 1. The highest BCUT2D eigenvalue weighted by Crippen LogP contribution is 2.18. The van der Waals surface area contributed by atoms with Crippen molar-refractivity contribution in [1.82, 2.24) is 4.31 Å². The fourth-order valence-electron chi connectivity index (χ4n) is 1.70. The van der Waals surface area contributed by atoms with Gasteiger partial charge in [-0.15, -0.1) is 0 Å². The molecule has 0 unspecified atom stereocenters. The SMILES string of the molecule is C/C=C/C=C/C(=O)O[C@@H](C)C(=O)Nc1cccc(S(=O)(=O)N(C)C)c1. The lowest BCUT2D eigenvalue weighted by Crippen LogP contribution is -2.29. The molecule has 1 aromatic carbocycles. The summed E-state index contributed by atoms with van der Waals surface area (Å²) in [6.45, 7) is 3.23. The lowest BCUT2D eigenvalue weighted by molar-refractivity contribution is -0.148. The lowest BCUT2D eigenvalue weighted by Gasteiger charge is -2.14. The average molecular weight is 366 g/mol. The Morgan fingerprint density at radius 2 is 1.92 bits per heavy atom. The zero-order chi connectivity index (χ0) is 19.0. The van der Waals surface area contributed by atoms with E-state index in [4.69, 9.17) is 4.74 Å². The Hall–Kier alpha value is -2.45. The van der Waals surface area contributed by atoms with Crippen molar-refractivity contribution in [2.24, 2.45) is 0 Å². The molecule has 0 saturated heterocycles. The van der Waals surface area contributed by atoms with Gasteiger partial charge in [0.25, 0.3) is 5.91 Å². The zero-order valence-electron chi connectivity index (χ0n) is 14.6. The number of hydrogen-bond acceptors (Lipinski definition) is 5. The Labute approximate surface area is 148 Å². The van der Waals surface area contributed by atoms with Gasteiger partial charge in [-0.1, -0.05) is 24.3 Å². The quantitative estimate of drug-likeness (QED) is 0.452. The second-order valence-corrected chi connectivity index (χ2v) is 7.42. The third kappa shape index (κ3) is 6.17. The third-order valence-corrected chi connectivity index (χ3v) is 4.89. The van der Waals surface area contributed by atoms with Crippen molar-refractivity contribution in [2.45, 2.75) is 24.8 Å². The van der Waals surface area contributed by atoms with E-state index in [1.807, 2.05) is 0 Å². The van der Waals surface area contributed by atoms with Gasteiger partial charge in [0.15, 0.2) is 6.10 Å². The molecule has 0 saturated carbocycles. The molecule has 1 rings (SSSR count). The maximum Gasteiger partial charge on any atom is 0.331 e.